The molecule has 2 aromatic heterocycles. The van der Waals surface area contributed by atoms with Crippen molar-refractivity contribution in [3.05, 3.63) is 98.2 Å². The number of furan rings is 1. The summed E-state index contributed by atoms with van der Waals surface area (Å²) in [6, 6.07) is 14.4. The summed E-state index contributed by atoms with van der Waals surface area (Å²) in [6.07, 6.45) is 1.63. The fourth-order valence-corrected chi connectivity index (χ4v) is 4.58. The fourth-order valence-electron chi connectivity index (χ4n) is 4.58. The van der Waals surface area contributed by atoms with Crippen molar-refractivity contribution in [2.24, 2.45) is 4.99 Å². The second-order valence-corrected chi connectivity index (χ2v) is 8.27. The summed E-state index contributed by atoms with van der Waals surface area (Å²) in [5.41, 5.74) is 1.42. The van der Waals surface area contributed by atoms with Crippen LogP contribution in [0.5, 0.6) is 5.75 Å². The van der Waals surface area contributed by atoms with Gasteiger partial charge in [-0.2, -0.15) is 0 Å². The Hall–Kier alpha value is -4.33. The zero-order valence-electron chi connectivity index (χ0n) is 19.9. The van der Waals surface area contributed by atoms with Crippen LogP contribution in [0.2, 0.25) is 0 Å². The number of fused-ring (bicyclic) bond motifs is 2. The number of ether oxygens (including phenoxy) is 2. The molecule has 1 aliphatic rings. The summed E-state index contributed by atoms with van der Waals surface area (Å²) in [5, 5.41) is 2.11. The monoisotopic (exact) mass is 471 g/mol. The Labute approximate surface area is 200 Å². The van der Waals surface area contributed by atoms with Gasteiger partial charge in [0, 0.05) is 11.6 Å². The lowest BCUT2D eigenvalue weighted by Crippen LogP contribution is -2.40. The van der Waals surface area contributed by atoms with Crippen molar-refractivity contribution in [1.29, 1.82) is 0 Å². The van der Waals surface area contributed by atoms with Crippen LogP contribution in [0.1, 0.15) is 37.0 Å². The maximum absolute atomic E-state index is 13.8. The molecule has 5 rings (SSSR count). The van der Waals surface area contributed by atoms with Crippen molar-refractivity contribution >= 4 is 22.8 Å². The van der Waals surface area contributed by atoms with Gasteiger partial charge in [-0.3, -0.25) is 9.36 Å². The van der Waals surface area contributed by atoms with Crippen LogP contribution in [0.4, 0.5) is 0 Å². The molecule has 0 amide bonds. The van der Waals surface area contributed by atoms with Gasteiger partial charge in [-0.05, 0) is 49.7 Å². The Morgan fingerprint density at radius 1 is 1.17 bits per heavy atom. The molecule has 1 atom stereocenters. The van der Waals surface area contributed by atoms with Gasteiger partial charge in [-0.1, -0.05) is 30.3 Å². The molecule has 178 valence electrons. The molecule has 8 nitrogen and oxygen atoms in total. The van der Waals surface area contributed by atoms with Crippen molar-refractivity contribution in [3.63, 3.8) is 0 Å². The second-order valence-electron chi connectivity index (χ2n) is 8.27. The van der Waals surface area contributed by atoms with E-state index < -0.39 is 12.0 Å². The topological polar surface area (TPSA) is 98.8 Å². The van der Waals surface area contributed by atoms with Crippen molar-refractivity contribution in [1.82, 2.24) is 9.55 Å². The number of aromatic nitrogens is 2. The fraction of sp³-hybridized carbons (Fsp3) is 0.222. The minimum Gasteiger partial charge on any atom is -0.496 e. The summed E-state index contributed by atoms with van der Waals surface area (Å²) >= 11 is 0. The second kappa shape index (κ2) is 8.79. The Balaban J connectivity index is 1.86. The molecule has 4 aromatic rings. The number of hydrogen-bond acceptors (Lipinski definition) is 6. The molecule has 35 heavy (non-hydrogen) atoms. The van der Waals surface area contributed by atoms with Crippen LogP contribution in [0.3, 0.4) is 0 Å². The zero-order chi connectivity index (χ0) is 24.7. The number of imidazole rings is 1. The highest BCUT2D eigenvalue weighted by atomic mass is 16.5. The van der Waals surface area contributed by atoms with Gasteiger partial charge in [0.2, 0.25) is 5.62 Å². The van der Waals surface area contributed by atoms with Gasteiger partial charge < -0.3 is 18.9 Å². The third-order valence-electron chi connectivity index (χ3n) is 6.09. The Bertz CT molecular complexity index is 1670. The molecule has 1 aliphatic heterocycles. The summed E-state index contributed by atoms with van der Waals surface area (Å²) in [5.74, 6) is 1.29. The number of aromatic amines is 1. The van der Waals surface area contributed by atoms with E-state index in [9.17, 15) is 9.59 Å². The number of carbonyl (C=O) groups excluding carboxylic acids is 1. The largest absolute Gasteiger partial charge is 0.496 e. The lowest BCUT2D eigenvalue weighted by molar-refractivity contribution is -0.139. The van der Waals surface area contributed by atoms with E-state index in [1.54, 1.807) is 33.1 Å². The molecular formula is C27H25N3O5. The highest BCUT2D eigenvalue weighted by molar-refractivity contribution is 5.95. The van der Waals surface area contributed by atoms with Gasteiger partial charge >= 0.3 is 5.97 Å². The van der Waals surface area contributed by atoms with Gasteiger partial charge in [0.05, 0.1) is 25.0 Å². The van der Waals surface area contributed by atoms with Crippen molar-refractivity contribution in [2.75, 3.05) is 13.7 Å². The van der Waals surface area contributed by atoms with E-state index >= 15 is 0 Å². The molecule has 2 aromatic carbocycles. The third-order valence-corrected chi connectivity index (χ3v) is 6.09. The van der Waals surface area contributed by atoms with E-state index in [1.165, 1.54) is 4.57 Å². The number of rotatable bonds is 5. The van der Waals surface area contributed by atoms with Crippen LogP contribution in [-0.4, -0.2) is 29.2 Å². The number of H-pyrrole nitrogens is 1. The molecule has 0 fully saturated rings. The van der Waals surface area contributed by atoms with Crippen LogP contribution in [0, 0.1) is 6.92 Å². The lowest BCUT2D eigenvalue weighted by atomic mass is 9.90. The number of nitrogens with one attached hydrogen (secondary N) is 1. The average molecular weight is 472 g/mol. The van der Waals surface area contributed by atoms with E-state index in [2.05, 4.69) is 9.98 Å². The van der Waals surface area contributed by atoms with E-state index in [0.717, 1.165) is 16.5 Å². The van der Waals surface area contributed by atoms with Gasteiger partial charge in [-0.25, -0.2) is 9.79 Å². The zero-order valence-corrected chi connectivity index (χ0v) is 19.9. The number of benzene rings is 2. The first kappa shape index (κ1) is 22.5. The summed E-state index contributed by atoms with van der Waals surface area (Å²) in [4.78, 5) is 34.7. The lowest BCUT2D eigenvalue weighted by Gasteiger charge is -2.27. The van der Waals surface area contributed by atoms with Gasteiger partial charge in [0.25, 0.3) is 5.56 Å². The van der Waals surface area contributed by atoms with E-state index in [0.29, 0.717) is 33.7 Å². The Kier molecular flexibility index (Phi) is 5.64. The van der Waals surface area contributed by atoms with Crippen LogP contribution in [0.25, 0.3) is 16.8 Å². The molecule has 1 unspecified atom stereocenters. The van der Waals surface area contributed by atoms with E-state index in [1.807, 2.05) is 49.4 Å². The molecule has 0 bridgehead atoms. The first-order chi connectivity index (χ1) is 16.9. The minimum atomic E-state index is -0.813. The summed E-state index contributed by atoms with van der Waals surface area (Å²) < 4.78 is 18.3. The van der Waals surface area contributed by atoms with Gasteiger partial charge in [-0.15, -0.1) is 0 Å². The quantitative estimate of drug-likeness (QED) is 0.451. The molecule has 0 spiro atoms. The summed E-state index contributed by atoms with van der Waals surface area (Å²) in [6.45, 7) is 5.51. The van der Waals surface area contributed by atoms with Gasteiger partial charge in [0.15, 0.2) is 0 Å². The average Bonchev–Trinajstić information content (AvgIpc) is 3.39. The first-order valence-electron chi connectivity index (χ1n) is 11.3. The third kappa shape index (κ3) is 3.77. The highest BCUT2D eigenvalue weighted by Gasteiger charge is 2.36. The number of hydrogen-bond donors (Lipinski definition) is 1. The maximum Gasteiger partial charge on any atom is 0.338 e. The van der Waals surface area contributed by atoms with Gasteiger partial charge in [0.1, 0.15) is 28.7 Å². The van der Waals surface area contributed by atoms with Crippen LogP contribution in [-0.2, 0) is 9.53 Å². The Morgan fingerprint density at radius 2 is 1.97 bits per heavy atom. The van der Waals surface area contributed by atoms with E-state index in [4.69, 9.17) is 13.9 Å². The number of nitrogens with zero attached hydrogens (tertiary/aromatic N) is 2. The number of allylic oxidation sites excluding steroid dienone is 1. The predicted molar refractivity (Wildman–Crippen MR) is 131 cm³/mol. The molecule has 0 radical (unpaired) electrons. The molecule has 8 heteroatoms. The molecule has 1 N–H and O–H groups in total. The number of methoxy groups -OCH3 is 1. The van der Waals surface area contributed by atoms with Crippen LogP contribution < -0.4 is 21.3 Å². The Morgan fingerprint density at radius 3 is 2.69 bits per heavy atom. The highest BCUT2D eigenvalue weighted by Crippen LogP contribution is 2.40. The van der Waals surface area contributed by atoms with Crippen LogP contribution >= 0.6 is 0 Å². The van der Waals surface area contributed by atoms with Crippen molar-refractivity contribution < 1.29 is 18.7 Å². The smallest absolute Gasteiger partial charge is 0.338 e. The standard InChI is InChI=1S/C27H25N3O5/c1-5-34-26(32)22-16(3)28-27-29-20(14-18-12-10-15(2)35-18)25(31)30(27)24(22)23-19-9-7-6-8-17(19)11-13-21(23)33-4/h6-14,24H,5H2,1-4H3,(H,28,29). The maximum atomic E-state index is 13.8. The SMILES string of the molecule is CCOC(=O)C1=C(C)N=c2[nH]c(=Cc3ccc(C)o3)c(=O)n2C1c1c(OC)ccc2ccccc12. The number of carbonyl (C=O) groups is 1. The van der Waals surface area contributed by atoms with E-state index in [-0.39, 0.29) is 17.7 Å². The molecular weight excluding hydrogens is 446 g/mol. The van der Waals surface area contributed by atoms with Crippen LogP contribution in [0.15, 0.2) is 74.0 Å². The number of esters is 1. The molecule has 0 saturated heterocycles. The number of aryl methyl sites for hydroxylation is 1. The predicted octanol–water partition coefficient (Wildman–Crippen LogP) is 3.13. The minimum absolute atomic E-state index is 0.195. The summed E-state index contributed by atoms with van der Waals surface area (Å²) in [7, 11) is 1.57. The first-order valence-corrected chi connectivity index (χ1v) is 11.3. The van der Waals surface area contributed by atoms with Crippen molar-refractivity contribution in [3.8, 4) is 5.75 Å². The molecule has 0 saturated carbocycles. The normalized spacial score (nSPS) is 15.8. The van der Waals surface area contributed by atoms with Crippen molar-refractivity contribution in [2.45, 2.75) is 26.8 Å². The molecule has 0 aliphatic carbocycles. The molecule has 3 heterocycles.